The van der Waals surface area contributed by atoms with Gasteiger partial charge < -0.3 is 5.32 Å². The first-order chi connectivity index (χ1) is 8.75. The number of halogens is 1. The van der Waals surface area contributed by atoms with Crippen molar-refractivity contribution in [1.29, 1.82) is 0 Å². The first-order valence-corrected chi connectivity index (χ1v) is 6.79. The highest BCUT2D eigenvalue weighted by atomic mass is 35.5. The monoisotopic (exact) mass is 284 g/mol. The van der Waals surface area contributed by atoms with Crippen LogP contribution in [0.15, 0.2) is 18.2 Å². The summed E-state index contributed by atoms with van der Waals surface area (Å²) in [6.07, 6.45) is 0.591. The first-order valence-electron chi connectivity index (χ1n) is 6.42. The van der Waals surface area contributed by atoms with Crippen molar-refractivity contribution in [3.05, 3.63) is 38.9 Å². The van der Waals surface area contributed by atoms with Crippen molar-refractivity contribution in [2.45, 2.75) is 40.2 Å². The maximum atomic E-state index is 11.1. The Labute approximate surface area is 119 Å². The van der Waals surface area contributed by atoms with Gasteiger partial charge in [0.05, 0.1) is 4.92 Å². The maximum absolute atomic E-state index is 11.1. The second-order valence-corrected chi connectivity index (χ2v) is 6.15. The predicted octanol–water partition coefficient (Wildman–Crippen LogP) is 3.81. The van der Waals surface area contributed by atoms with Crippen LogP contribution in [0.5, 0.6) is 0 Å². The summed E-state index contributed by atoms with van der Waals surface area (Å²) < 4.78 is 0. The molecule has 0 fully saturated rings. The molecule has 1 atom stereocenters. The van der Waals surface area contributed by atoms with E-state index in [0.717, 1.165) is 6.54 Å². The second kappa shape index (κ2) is 6.35. The van der Waals surface area contributed by atoms with Crippen LogP contribution in [0, 0.1) is 15.5 Å². The first kappa shape index (κ1) is 15.9. The molecule has 0 saturated carbocycles. The van der Waals surface area contributed by atoms with E-state index in [1.807, 2.05) is 6.92 Å². The van der Waals surface area contributed by atoms with Gasteiger partial charge in [-0.2, -0.15) is 0 Å². The highest BCUT2D eigenvalue weighted by Gasteiger charge is 2.26. The summed E-state index contributed by atoms with van der Waals surface area (Å²) in [5.41, 5.74) is 0.835. The van der Waals surface area contributed by atoms with Crippen molar-refractivity contribution in [2.24, 2.45) is 5.41 Å². The Morgan fingerprint density at radius 3 is 2.53 bits per heavy atom. The number of nitro benzene ring substituents is 1. The average molecular weight is 285 g/mol. The van der Waals surface area contributed by atoms with Crippen LogP contribution in [-0.2, 0) is 6.42 Å². The van der Waals surface area contributed by atoms with Crippen molar-refractivity contribution >= 4 is 17.3 Å². The minimum Gasteiger partial charge on any atom is -0.313 e. The van der Waals surface area contributed by atoms with Gasteiger partial charge in [0.1, 0.15) is 0 Å². The lowest BCUT2D eigenvalue weighted by Gasteiger charge is -2.31. The zero-order valence-electron chi connectivity index (χ0n) is 11.9. The molecule has 0 saturated heterocycles. The Morgan fingerprint density at radius 1 is 1.42 bits per heavy atom. The summed E-state index contributed by atoms with van der Waals surface area (Å²) in [5.74, 6) is 0. The molecule has 1 N–H and O–H groups in total. The molecule has 5 heteroatoms. The van der Waals surface area contributed by atoms with Gasteiger partial charge in [-0.25, -0.2) is 0 Å². The largest absolute Gasteiger partial charge is 0.313 e. The standard InChI is InChI=1S/C14H21ClN2O2/c1-5-16-13(14(2,3)4)9-10-8-11(15)6-7-12(10)17(18)19/h6-8,13,16H,5,9H2,1-4H3. The molecule has 1 aromatic rings. The quantitative estimate of drug-likeness (QED) is 0.661. The molecule has 19 heavy (non-hydrogen) atoms. The molecule has 0 heterocycles. The van der Waals surface area contributed by atoms with E-state index in [1.165, 1.54) is 6.07 Å². The fourth-order valence-electron chi connectivity index (χ4n) is 2.05. The molecule has 1 unspecified atom stereocenters. The van der Waals surface area contributed by atoms with Crippen LogP contribution in [0.1, 0.15) is 33.3 Å². The lowest BCUT2D eigenvalue weighted by molar-refractivity contribution is -0.385. The van der Waals surface area contributed by atoms with Gasteiger partial charge in [-0.15, -0.1) is 0 Å². The van der Waals surface area contributed by atoms with Gasteiger partial charge in [-0.3, -0.25) is 10.1 Å². The second-order valence-electron chi connectivity index (χ2n) is 5.71. The van der Waals surface area contributed by atoms with Crippen LogP contribution >= 0.6 is 11.6 Å². The van der Waals surface area contributed by atoms with Crippen LogP contribution in [0.3, 0.4) is 0 Å². The molecule has 0 radical (unpaired) electrons. The highest BCUT2D eigenvalue weighted by Crippen LogP contribution is 2.28. The summed E-state index contributed by atoms with van der Waals surface area (Å²) in [5, 5.41) is 15.0. The van der Waals surface area contributed by atoms with E-state index < -0.39 is 0 Å². The maximum Gasteiger partial charge on any atom is 0.272 e. The normalized spacial score (nSPS) is 13.3. The van der Waals surface area contributed by atoms with Crippen molar-refractivity contribution in [2.75, 3.05) is 6.54 Å². The number of nitrogens with zero attached hydrogens (tertiary/aromatic N) is 1. The van der Waals surface area contributed by atoms with Gasteiger partial charge >= 0.3 is 0 Å². The summed E-state index contributed by atoms with van der Waals surface area (Å²) in [4.78, 5) is 10.7. The lowest BCUT2D eigenvalue weighted by Crippen LogP contribution is -2.42. The molecule has 0 aliphatic heterocycles. The SMILES string of the molecule is CCNC(Cc1cc(Cl)ccc1[N+](=O)[O-])C(C)(C)C. The molecule has 0 aliphatic carbocycles. The summed E-state index contributed by atoms with van der Waals surface area (Å²) in [6, 6.07) is 4.89. The molecule has 1 rings (SSSR count). The smallest absolute Gasteiger partial charge is 0.272 e. The fourth-order valence-corrected chi connectivity index (χ4v) is 2.24. The number of hydrogen-bond donors (Lipinski definition) is 1. The number of rotatable bonds is 5. The van der Waals surface area contributed by atoms with E-state index in [9.17, 15) is 10.1 Å². The minimum atomic E-state index is -0.350. The molecular weight excluding hydrogens is 264 g/mol. The Balaban J connectivity index is 3.08. The van der Waals surface area contributed by atoms with Crippen molar-refractivity contribution in [3.8, 4) is 0 Å². The Bertz CT molecular complexity index is 455. The van der Waals surface area contributed by atoms with Gasteiger partial charge in [0.2, 0.25) is 0 Å². The molecule has 4 nitrogen and oxygen atoms in total. The number of nitrogens with one attached hydrogen (secondary N) is 1. The van der Waals surface area contributed by atoms with Gasteiger partial charge in [0.15, 0.2) is 0 Å². The van der Waals surface area contributed by atoms with E-state index in [1.54, 1.807) is 12.1 Å². The van der Waals surface area contributed by atoms with Crippen molar-refractivity contribution in [3.63, 3.8) is 0 Å². The van der Waals surface area contributed by atoms with Gasteiger partial charge in [0, 0.05) is 22.7 Å². The summed E-state index contributed by atoms with van der Waals surface area (Å²) >= 11 is 5.95. The van der Waals surface area contributed by atoms with Gasteiger partial charge in [0.25, 0.3) is 5.69 Å². The van der Waals surface area contributed by atoms with E-state index in [-0.39, 0.29) is 22.1 Å². The third kappa shape index (κ3) is 4.48. The minimum absolute atomic E-state index is 0.0200. The Kier molecular flexibility index (Phi) is 5.32. The third-order valence-electron chi connectivity index (χ3n) is 3.16. The number of benzene rings is 1. The van der Waals surface area contributed by atoms with E-state index in [2.05, 4.69) is 26.1 Å². The van der Waals surface area contributed by atoms with E-state index in [0.29, 0.717) is 17.0 Å². The number of nitro groups is 1. The average Bonchev–Trinajstić information content (AvgIpc) is 2.26. The molecule has 106 valence electrons. The summed E-state index contributed by atoms with van der Waals surface area (Å²) in [6.45, 7) is 9.23. The van der Waals surface area contributed by atoms with Crippen LogP contribution < -0.4 is 5.32 Å². The van der Waals surface area contributed by atoms with Crippen LogP contribution in [-0.4, -0.2) is 17.5 Å². The molecule has 0 aromatic heterocycles. The number of likely N-dealkylation sites (N-methyl/N-ethyl adjacent to an activating group) is 1. The zero-order valence-corrected chi connectivity index (χ0v) is 12.6. The topological polar surface area (TPSA) is 55.2 Å². The molecule has 0 bridgehead atoms. The number of hydrogen-bond acceptors (Lipinski definition) is 3. The van der Waals surface area contributed by atoms with Gasteiger partial charge in [-0.1, -0.05) is 39.3 Å². The lowest BCUT2D eigenvalue weighted by atomic mass is 9.82. The molecular formula is C14H21ClN2O2. The van der Waals surface area contributed by atoms with Crippen LogP contribution in [0.4, 0.5) is 5.69 Å². The Morgan fingerprint density at radius 2 is 2.05 bits per heavy atom. The summed E-state index contributed by atoms with van der Waals surface area (Å²) in [7, 11) is 0. The van der Waals surface area contributed by atoms with Crippen LogP contribution in [0.25, 0.3) is 0 Å². The Hall–Kier alpha value is -1.13. The molecule has 0 amide bonds. The highest BCUT2D eigenvalue weighted by molar-refractivity contribution is 6.30. The van der Waals surface area contributed by atoms with E-state index >= 15 is 0 Å². The molecule has 0 spiro atoms. The van der Waals surface area contributed by atoms with E-state index in [4.69, 9.17) is 11.6 Å². The van der Waals surface area contributed by atoms with Crippen LogP contribution in [0.2, 0.25) is 5.02 Å². The molecule has 1 aromatic carbocycles. The third-order valence-corrected chi connectivity index (χ3v) is 3.39. The molecule has 0 aliphatic rings. The zero-order chi connectivity index (χ0) is 14.6. The van der Waals surface area contributed by atoms with Crippen molar-refractivity contribution < 1.29 is 4.92 Å². The fraction of sp³-hybridized carbons (Fsp3) is 0.571. The van der Waals surface area contributed by atoms with Gasteiger partial charge in [-0.05, 0) is 30.5 Å². The predicted molar refractivity (Wildman–Crippen MR) is 78.7 cm³/mol. The van der Waals surface area contributed by atoms with Crippen molar-refractivity contribution in [1.82, 2.24) is 5.32 Å².